The van der Waals surface area contributed by atoms with Gasteiger partial charge in [0.2, 0.25) is 0 Å². The molecule has 0 radical (unpaired) electrons. The molecule has 0 atom stereocenters. The maximum absolute atomic E-state index is 12.5. The molecule has 22 heavy (non-hydrogen) atoms. The van der Waals surface area contributed by atoms with Crippen LogP contribution in [0.1, 0.15) is 27.3 Å². The van der Waals surface area contributed by atoms with Crippen molar-refractivity contribution in [3.05, 3.63) is 70.1 Å². The van der Waals surface area contributed by atoms with Gasteiger partial charge in [0, 0.05) is 17.8 Å². The Kier molecular flexibility index (Phi) is 3.86. The van der Waals surface area contributed by atoms with Gasteiger partial charge in [-0.05, 0) is 49.2 Å². The molecule has 0 aliphatic carbocycles. The number of hydrogen-bond acceptors (Lipinski definition) is 2. The minimum absolute atomic E-state index is 0.145. The summed E-state index contributed by atoms with van der Waals surface area (Å²) in [5, 5.41) is 3.58. The van der Waals surface area contributed by atoms with Crippen LogP contribution in [-0.2, 0) is 6.54 Å². The molecule has 0 spiro atoms. The molecule has 0 saturated heterocycles. The monoisotopic (exact) mass is 313 g/mol. The molecule has 112 valence electrons. The molecule has 0 fully saturated rings. The van der Waals surface area contributed by atoms with Crippen molar-refractivity contribution in [3.63, 3.8) is 0 Å². The number of rotatable bonds is 3. The lowest BCUT2D eigenvalue weighted by atomic mass is 10.2. The lowest BCUT2D eigenvalue weighted by Crippen LogP contribution is -2.25. The van der Waals surface area contributed by atoms with E-state index in [9.17, 15) is 4.79 Å². The Balaban J connectivity index is 1.85. The van der Waals surface area contributed by atoms with Crippen LogP contribution in [-0.4, -0.2) is 15.3 Å². The summed E-state index contributed by atoms with van der Waals surface area (Å²) in [4.78, 5) is 16.9. The van der Waals surface area contributed by atoms with E-state index >= 15 is 0 Å². The van der Waals surface area contributed by atoms with Crippen LogP contribution < -0.4 is 5.32 Å². The van der Waals surface area contributed by atoms with E-state index < -0.39 is 0 Å². The largest absolute Gasteiger partial charge is 0.347 e. The molecule has 0 unspecified atom stereocenters. The third-order valence-electron chi connectivity index (χ3n) is 3.51. The SMILES string of the molecule is Cc1ccn2c(C(=O)NCc3cccc(Cl)c3)c(C)nc2c1. The van der Waals surface area contributed by atoms with Crippen LogP contribution in [0.15, 0.2) is 42.6 Å². The average Bonchev–Trinajstić information content (AvgIpc) is 2.80. The van der Waals surface area contributed by atoms with Gasteiger partial charge in [-0.1, -0.05) is 23.7 Å². The number of amides is 1. The summed E-state index contributed by atoms with van der Waals surface area (Å²) in [6.45, 7) is 4.28. The third-order valence-corrected chi connectivity index (χ3v) is 3.75. The zero-order valence-electron chi connectivity index (χ0n) is 12.4. The molecule has 0 aliphatic rings. The van der Waals surface area contributed by atoms with E-state index in [1.54, 1.807) is 0 Å². The number of imidazole rings is 1. The van der Waals surface area contributed by atoms with Crippen LogP contribution in [0.4, 0.5) is 0 Å². The van der Waals surface area contributed by atoms with Gasteiger partial charge in [-0.25, -0.2) is 4.98 Å². The Hall–Kier alpha value is -2.33. The number of benzene rings is 1. The molecule has 0 bridgehead atoms. The van der Waals surface area contributed by atoms with Crippen molar-refractivity contribution in [1.82, 2.24) is 14.7 Å². The molecule has 1 N–H and O–H groups in total. The zero-order valence-corrected chi connectivity index (χ0v) is 13.2. The lowest BCUT2D eigenvalue weighted by Gasteiger charge is -2.07. The number of pyridine rings is 1. The number of aromatic nitrogens is 2. The molecule has 3 rings (SSSR count). The van der Waals surface area contributed by atoms with Gasteiger partial charge in [0.25, 0.3) is 5.91 Å². The predicted molar refractivity (Wildman–Crippen MR) is 87.3 cm³/mol. The van der Waals surface area contributed by atoms with E-state index in [-0.39, 0.29) is 5.91 Å². The van der Waals surface area contributed by atoms with Crippen molar-refractivity contribution in [3.8, 4) is 0 Å². The van der Waals surface area contributed by atoms with Crippen LogP contribution in [0.5, 0.6) is 0 Å². The van der Waals surface area contributed by atoms with Crippen molar-refractivity contribution >= 4 is 23.2 Å². The summed E-state index contributed by atoms with van der Waals surface area (Å²) in [5.74, 6) is -0.145. The van der Waals surface area contributed by atoms with Crippen molar-refractivity contribution in [2.45, 2.75) is 20.4 Å². The fourth-order valence-electron chi connectivity index (χ4n) is 2.45. The fourth-order valence-corrected chi connectivity index (χ4v) is 2.66. The van der Waals surface area contributed by atoms with Crippen LogP contribution >= 0.6 is 11.6 Å². The second kappa shape index (κ2) is 5.81. The standard InChI is InChI=1S/C17H16ClN3O/c1-11-6-7-21-15(8-11)20-12(2)16(21)17(22)19-10-13-4-3-5-14(18)9-13/h3-9H,10H2,1-2H3,(H,19,22). The zero-order chi connectivity index (χ0) is 15.7. The minimum Gasteiger partial charge on any atom is -0.347 e. The first-order chi connectivity index (χ1) is 10.5. The summed E-state index contributed by atoms with van der Waals surface area (Å²) < 4.78 is 1.82. The fraction of sp³-hybridized carbons (Fsp3) is 0.176. The first kappa shape index (κ1) is 14.6. The van der Waals surface area contributed by atoms with E-state index in [4.69, 9.17) is 11.6 Å². The highest BCUT2D eigenvalue weighted by atomic mass is 35.5. The van der Waals surface area contributed by atoms with Crippen LogP contribution in [0.3, 0.4) is 0 Å². The predicted octanol–water partition coefficient (Wildman–Crippen LogP) is 3.53. The Morgan fingerprint density at radius 3 is 2.86 bits per heavy atom. The van der Waals surface area contributed by atoms with E-state index in [0.29, 0.717) is 23.0 Å². The average molecular weight is 314 g/mol. The summed E-state index contributed by atoms with van der Waals surface area (Å²) in [6, 6.07) is 11.4. The second-order valence-corrected chi connectivity index (χ2v) is 5.73. The topological polar surface area (TPSA) is 46.4 Å². The maximum atomic E-state index is 12.5. The van der Waals surface area contributed by atoms with Gasteiger partial charge in [0.15, 0.2) is 0 Å². The molecular weight excluding hydrogens is 298 g/mol. The van der Waals surface area contributed by atoms with Gasteiger partial charge in [0.1, 0.15) is 11.3 Å². The highest BCUT2D eigenvalue weighted by molar-refractivity contribution is 6.30. The van der Waals surface area contributed by atoms with Gasteiger partial charge in [-0.3, -0.25) is 9.20 Å². The van der Waals surface area contributed by atoms with Gasteiger partial charge < -0.3 is 5.32 Å². The van der Waals surface area contributed by atoms with Crippen LogP contribution in [0.25, 0.3) is 5.65 Å². The lowest BCUT2D eigenvalue weighted by molar-refractivity contribution is 0.0944. The van der Waals surface area contributed by atoms with Gasteiger partial charge >= 0.3 is 0 Å². The molecular formula is C17H16ClN3O. The summed E-state index contributed by atoms with van der Waals surface area (Å²) in [6.07, 6.45) is 1.87. The minimum atomic E-state index is -0.145. The number of halogens is 1. The van der Waals surface area contributed by atoms with E-state index in [1.165, 1.54) is 0 Å². The maximum Gasteiger partial charge on any atom is 0.270 e. The normalized spacial score (nSPS) is 10.9. The number of carbonyl (C=O) groups is 1. The molecule has 5 heteroatoms. The second-order valence-electron chi connectivity index (χ2n) is 5.29. The van der Waals surface area contributed by atoms with E-state index in [2.05, 4.69) is 10.3 Å². The first-order valence-electron chi connectivity index (χ1n) is 7.02. The van der Waals surface area contributed by atoms with Crippen LogP contribution in [0, 0.1) is 13.8 Å². The molecule has 2 aromatic heterocycles. The Morgan fingerprint density at radius 2 is 2.09 bits per heavy atom. The van der Waals surface area contributed by atoms with Crippen molar-refractivity contribution < 1.29 is 4.79 Å². The Labute approximate surface area is 133 Å². The van der Waals surface area contributed by atoms with E-state index in [0.717, 1.165) is 16.8 Å². The van der Waals surface area contributed by atoms with Gasteiger partial charge in [-0.2, -0.15) is 0 Å². The van der Waals surface area contributed by atoms with Gasteiger partial charge in [-0.15, -0.1) is 0 Å². The molecule has 0 aliphatic heterocycles. The molecule has 4 nitrogen and oxygen atoms in total. The molecule has 1 amide bonds. The molecule has 2 heterocycles. The number of aryl methyl sites for hydroxylation is 2. The highest BCUT2D eigenvalue weighted by Crippen LogP contribution is 2.14. The Morgan fingerprint density at radius 1 is 1.27 bits per heavy atom. The van der Waals surface area contributed by atoms with Crippen molar-refractivity contribution in [2.24, 2.45) is 0 Å². The number of fused-ring (bicyclic) bond motifs is 1. The number of carbonyl (C=O) groups excluding carboxylic acids is 1. The molecule has 1 aromatic carbocycles. The van der Waals surface area contributed by atoms with E-state index in [1.807, 2.05) is 60.8 Å². The Bertz CT molecular complexity index is 854. The number of hydrogen-bond donors (Lipinski definition) is 1. The van der Waals surface area contributed by atoms with Crippen molar-refractivity contribution in [2.75, 3.05) is 0 Å². The quantitative estimate of drug-likeness (QED) is 0.804. The highest BCUT2D eigenvalue weighted by Gasteiger charge is 2.16. The smallest absolute Gasteiger partial charge is 0.270 e. The summed E-state index contributed by atoms with van der Waals surface area (Å²) >= 11 is 5.95. The third kappa shape index (κ3) is 2.83. The summed E-state index contributed by atoms with van der Waals surface area (Å²) in [5.41, 5.74) is 4.14. The van der Waals surface area contributed by atoms with Crippen LogP contribution in [0.2, 0.25) is 5.02 Å². The number of nitrogens with zero attached hydrogens (tertiary/aromatic N) is 2. The first-order valence-corrected chi connectivity index (χ1v) is 7.40. The summed E-state index contributed by atoms with van der Waals surface area (Å²) in [7, 11) is 0. The molecule has 0 saturated carbocycles. The number of nitrogens with one attached hydrogen (secondary N) is 1. The van der Waals surface area contributed by atoms with Crippen molar-refractivity contribution in [1.29, 1.82) is 0 Å². The van der Waals surface area contributed by atoms with Gasteiger partial charge in [0.05, 0.1) is 5.69 Å². The molecule has 3 aromatic rings.